The summed E-state index contributed by atoms with van der Waals surface area (Å²) in [5, 5.41) is 5.50. The number of methoxy groups -OCH3 is 1. The van der Waals surface area contributed by atoms with Crippen LogP contribution < -0.4 is 15.4 Å². The summed E-state index contributed by atoms with van der Waals surface area (Å²) in [6.45, 7) is -0.146. The molecule has 2 aromatic rings. The number of hydrogen-bond donors (Lipinski definition) is 2. The lowest BCUT2D eigenvalue weighted by Gasteiger charge is -2.10. The van der Waals surface area contributed by atoms with Gasteiger partial charge in [0.2, 0.25) is 0 Å². The smallest absolute Gasteiger partial charge is 0.337 e. The van der Waals surface area contributed by atoms with Crippen LogP contribution in [0.1, 0.15) is 10.4 Å². The second-order valence-corrected chi connectivity index (χ2v) is 5.08. The van der Waals surface area contributed by atoms with Gasteiger partial charge in [-0.3, -0.25) is 10.1 Å². The van der Waals surface area contributed by atoms with E-state index >= 15 is 0 Å². The molecule has 0 atom stereocenters. The summed E-state index contributed by atoms with van der Waals surface area (Å²) in [5.74, 6) is -0.192. The molecule has 7 heteroatoms. The number of nitrogens with one attached hydrogen (secondary N) is 2. The van der Waals surface area contributed by atoms with Gasteiger partial charge < -0.3 is 14.8 Å². The highest BCUT2D eigenvalue weighted by Crippen LogP contribution is 2.10. The van der Waals surface area contributed by atoms with Gasteiger partial charge in [-0.15, -0.1) is 0 Å². The second-order valence-electron chi connectivity index (χ2n) is 4.67. The number of carbonyl (C=O) groups excluding carboxylic acids is 2. The largest absolute Gasteiger partial charge is 0.484 e. The van der Waals surface area contributed by atoms with Crippen LogP contribution in [-0.4, -0.2) is 30.7 Å². The van der Waals surface area contributed by atoms with E-state index in [1.54, 1.807) is 36.4 Å². The third-order valence-electron chi connectivity index (χ3n) is 2.93. The zero-order chi connectivity index (χ0) is 17.4. The van der Waals surface area contributed by atoms with E-state index in [4.69, 9.17) is 17.0 Å². The third kappa shape index (κ3) is 5.36. The fourth-order valence-electron chi connectivity index (χ4n) is 1.80. The van der Waals surface area contributed by atoms with Crippen LogP contribution in [-0.2, 0) is 9.53 Å². The van der Waals surface area contributed by atoms with E-state index in [-0.39, 0.29) is 17.6 Å². The molecule has 2 rings (SSSR count). The lowest BCUT2D eigenvalue weighted by Crippen LogP contribution is -2.37. The fraction of sp³-hybridized carbons (Fsp3) is 0.118. The second kappa shape index (κ2) is 8.64. The number of esters is 1. The van der Waals surface area contributed by atoms with Crippen LogP contribution in [0.2, 0.25) is 0 Å². The summed E-state index contributed by atoms with van der Waals surface area (Å²) in [7, 11) is 1.32. The summed E-state index contributed by atoms with van der Waals surface area (Å²) in [4.78, 5) is 23.1. The first kappa shape index (κ1) is 17.4. The summed E-state index contributed by atoms with van der Waals surface area (Å²) >= 11 is 5.06. The Kier molecular flexibility index (Phi) is 6.27. The van der Waals surface area contributed by atoms with Gasteiger partial charge in [0.25, 0.3) is 5.91 Å². The maximum absolute atomic E-state index is 11.8. The van der Waals surface area contributed by atoms with Crippen molar-refractivity contribution in [2.24, 2.45) is 0 Å². The Morgan fingerprint density at radius 2 is 1.71 bits per heavy atom. The first-order valence-corrected chi connectivity index (χ1v) is 7.46. The van der Waals surface area contributed by atoms with Crippen molar-refractivity contribution in [1.82, 2.24) is 5.32 Å². The van der Waals surface area contributed by atoms with Crippen LogP contribution >= 0.6 is 12.2 Å². The van der Waals surface area contributed by atoms with Gasteiger partial charge >= 0.3 is 5.97 Å². The number of anilines is 1. The first-order chi connectivity index (χ1) is 11.6. The number of rotatable bonds is 5. The summed E-state index contributed by atoms with van der Waals surface area (Å²) in [6, 6.07) is 15.5. The Morgan fingerprint density at radius 3 is 2.33 bits per heavy atom. The Balaban J connectivity index is 1.80. The maximum Gasteiger partial charge on any atom is 0.337 e. The predicted octanol–water partition coefficient (Wildman–Crippen LogP) is 2.37. The molecule has 0 saturated carbocycles. The number of benzene rings is 2. The first-order valence-electron chi connectivity index (χ1n) is 7.05. The average molecular weight is 344 g/mol. The monoisotopic (exact) mass is 344 g/mol. The maximum atomic E-state index is 11.8. The number of ether oxygens (including phenoxy) is 2. The van der Waals surface area contributed by atoms with Gasteiger partial charge in [-0.2, -0.15) is 0 Å². The Morgan fingerprint density at radius 1 is 1.04 bits per heavy atom. The van der Waals surface area contributed by atoms with Crippen molar-refractivity contribution in [2.75, 3.05) is 19.0 Å². The van der Waals surface area contributed by atoms with Crippen LogP contribution in [0, 0.1) is 0 Å². The molecule has 2 aromatic carbocycles. The fourth-order valence-corrected chi connectivity index (χ4v) is 2.03. The molecule has 0 aliphatic carbocycles. The Hall–Kier alpha value is -2.93. The molecule has 0 unspecified atom stereocenters. The molecule has 0 heterocycles. The molecule has 0 aliphatic rings. The normalized spacial score (nSPS) is 9.71. The molecule has 0 bridgehead atoms. The SMILES string of the molecule is COC(=O)c1ccc(NC(=S)NC(=O)COc2ccccc2)cc1. The van der Waals surface area contributed by atoms with E-state index in [0.29, 0.717) is 17.0 Å². The van der Waals surface area contributed by atoms with Crippen LogP contribution in [0.15, 0.2) is 54.6 Å². The molecule has 0 fully saturated rings. The van der Waals surface area contributed by atoms with E-state index in [1.165, 1.54) is 7.11 Å². The van der Waals surface area contributed by atoms with E-state index in [2.05, 4.69) is 15.4 Å². The Bertz CT molecular complexity index is 717. The molecule has 0 radical (unpaired) electrons. The van der Waals surface area contributed by atoms with Crippen molar-refractivity contribution in [3.05, 3.63) is 60.2 Å². The van der Waals surface area contributed by atoms with Crippen molar-refractivity contribution >= 4 is 34.9 Å². The van der Waals surface area contributed by atoms with Crippen LogP contribution in [0.25, 0.3) is 0 Å². The van der Waals surface area contributed by atoms with E-state index < -0.39 is 5.97 Å². The Labute approximate surface area is 144 Å². The lowest BCUT2D eigenvalue weighted by molar-refractivity contribution is -0.121. The minimum Gasteiger partial charge on any atom is -0.484 e. The zero-order valence-corrected chi connectivity index (χ0v) is 13.8. The van der Waals surface area contributed by atoms with E-state index in [1.807, 2.05) is 18.2 Å². The summed E-state index contributed by atoms with van der Waals surface area (Å²) in [5.41, 5.74) is 1.06. The molecule has 24 heavy (non-hydrogen) atoms. The van der Waals surface area contributed by atoms with Gasteiger partial charge in [-0.05, 0) is 48.6 Å². The van der Waals surface area contributed by atoms with E-state index in [9.17, 15) is 9.59 Å². The highest BCUT2D eigenvalue weighted by Gasteiger charge is 2.07. The summed E-state index contributed by atoms with van der Waals surface area (Å²) in [6.07, 6.45) is 0. The summed E-state index contributed by atoms with van der Waals surface area (Å²) < 4.78 is 9.94. The molecule has 124 valence electrons. The molecule has 0 aromatic heterocycles. The van der Waals surface area contributed by atoms with Gasteiger partial charge in [0.1, 0.15) is 5.75 Å². The van der Waals surface area contributed by atoms with Crippen molar-refractivity contribution in [1.29, 1.82) is 0 Å². The highest BCUT2D eigenvalue weighted by atomic mass is 32.1. The third-order valence-corrected chi connectivity index (χ3v) is 3.13. The van der Waals surface area contributed by atoms with Crippen LogP contribution in [0.4, 0.5) is 5.69 Å². The van der Waals surface area contributed by atoms with Gasteiger partial charge in [0.15, 0.2) is 11.7 Å². The quantitative estimate of drug-likeness (QED) is 0.641. The van der Waals surface area contributed by atoms with Gasteiger partial charge in [-0.25, -0.2) is 4.79 Å². The molecule has 2 N–H and O–H groups in total. The van der Waals surface area contributed by atoms with Crippen LogP contribution in [0.5, 0.6) is 5.75 Å². The molecular formula is C17H16N2O4S. The number of amides is 1. The van der Waals surface area contributed by atoms with Crippen molar-refractivity contribution in [3.8, 4) is 5.75 Å². The molecule has 6 nitrogen and oxygen atoms in total. The van der Waals surface area contributed by atoms with E-state index in [0.717, 1.165) is 0 Å². The average Bonchev–Trinajstić information content (AvgIpc) is 2.60. The number of thiocarbonyl (C=S) groups is 1. The number of carbonyl (C=O) groups is 2. The van der Waals surface area contributed by atoms with Gasteiger partial charge in [0.05, 0.1) is 12.7 Å². The molecule has 0 spiro atoms. The molecule has 0 saturated heterocycles. The van der Waals surface area contributed by atoms with Crippen LogP contribution in [0.3, 0.4) is 0 Å². The minimum atomic E-state index is -0.421. The predicted molar refractivity (Wildman–Crippen MR) is 94.1 cm³/mol. The molecule has 0 aliphatic heterocycles. The topological polar surface area (TPSA) is 76.7 Å². The van der Waals surface area contributed by atoms with Gasteiger partial charge in [0, 0.05) is 5.69 Å². The lowest BCUT2D eigenvalue weighted by atomic mass is 10.2. The van der Waals surface area contributed by atoms with Crippen molar-refractivity contribution in [2.45, 2.75) is 0 Å². The zero-order valence-electron chi connectivity index (χ0n) is 12.9. The number of hydrogen-bond acceptors (Lipinski definition) is 5. The molecule has 1 amide bonds. The highest BCUT2D eigenvalue weighted by molar-refractivity contribution is 7.80. The van der Waals surface area contributed by atoms with Gasteiger partial charge in [-0.1, -0.05) is 18.2 Å². The standard InChI is InChI=1S/C17H16N2O4S/c1-22-16(21)12-7-9-13(10-8-12)18-17(24)19-15(20)11-23-14-5-3-2-4-6-14/h2-10H,11H2,1H3,(H2,18,19,20,24). The van der Waals surface area contributed by atoms with Crippen molar-refractivity contribution < 1.29 is 19.1 Å². The minimum absolute atomic E-state index is 0.141. The number of para-hydroxylation sites is 1. The molecular weight excluding hydrogens is 328 g/mol. The van der Waals surface area contributed by atoms with Crippen molar-refractivity contribution in [3.63, 3.8) is 0 Å².